The molecule has 0 amide bonds. The SMILES string of the molecule is C.CC(C)(C)c1ccc2nc(C(C)(C)C)ccc2c1. The molecule has 0 saturated carbocycles. The summed E-state index contributed by atoms with van der Waals surface area (Å²) in [5, 5.41) is 1.23. The van der Waals surface area contributed by atoms with Gasteiger partial charge in [-0.05, 0) is 29.2 Å². The van der Waals surface area contributed by atoms with Gasteiger partial charge in [0.2, 0.25) is 0 Å². The van der Waals surface area contributed by atoms with E-state index in [0.29, 0.717) is 0 Å². The molecule has 1 nitrogen and oxygen atoms in total. The van der Waals surface area contributed by atoms with Gasteiger partial charge in [-0.2, -0.15) is 0 Å². The molecule has 19 heavy (non-hydrogen) atoms. The monoisotopic (exact) mass is 257 g/mol. The fourth-order valence-corrected chi connectivity index (χ4v) is 2.01. The van der Waals surface area contributed by atoms with Gasteiger partial charge in [-0.15, -0.1) is 0 Å². The molecular weight excluding hydrogens is 230 g/mol. The molecule has 0 aliphatic heterocycles. The van der Waals surface area contributed by atoms with E-state index in [1.54, 1.807) is 0 Å². The molecule has 0 aliphatic rings. The first-order valence-corrected chi connectivity index (χ1v) is 6.60. The van der Waals surface area contributed by atoms with Gasteiger partial charge in [0.15, 0.2) is 0 Å². The highest BCUT2D eigenvalue weighted by Crippen LogP contribution is 2.27. The van der Waals surface area contributed by atoms with E-state index in [1.807, 2.05) is 0 Å². The average Bonchev–Trinajstić information content (AvgIpc) is 2.25. The van der Waals surface area contributed by atoms with Crippen LogP contribution in [0.4, 0.5) is 0 Å². The Balaban J connectivity index is 0.00000180. The van der Waals surface area contributed by atoms with Gasteiger partial charge in [-0.3, -0.25) is 4.98 Å². The van der Waals surface area contributed by atoms with Crippen molar-refractivity contribution in [1.82, 2.24) is 4.98 Å². The van der Waals surface area contributed by atoms with E-state index in [4.69, 9.17) is 4.98 Å². The molecule has 1 aromatic heterocycles. The number of benzene rings is 1. The third-order valence-electron chi connectivity index (χ3n) is 3.32. The van der Waals surface area contributed by atoms with Gasteiger partial charge in [-0.25, -0.2) is 0 Å². The number of nitrogens with zero attached hydrogens (tertiary/aromatic N) is 1. The van der Waals surface area contributed by atoms with E-state index >= 15 is 0 Å². The molecule has 104 valence electrons. The lowest BCUT2D eigenvalue weighted by atomic mass is 9.86. The minimum Gasteiger partial charge on any atom is -0.252 e. The Hall–Kier alpha value is -1.37. The maximum atomic E-state index is 4.77. The van der Waals surface area contributed by atoms with E-state index in [1.165, 1.54) is 10.9 Å². The van der Waals surface area contributed by atoms with Gasteiger partial charge < -0.3 is 0 Å². The molecule has 0 fully saturated rings. The van der Waals surface area contributed by atoms with Crippen LogP contribution in [0.5, 0.6) is 0 Å². The third kappa shape index (κ3) is 3.34. The fourth-order valence-electron chi connectivity index (χ4n) is 2.01. The third-order valence-corrected chi connectivity index (χ3v) is 3.32. The van der Waals surface area contributed by atoms with Crippen LogP contribution < -0.4 is 0 Å². The van der Waals surface area contributed by atoms with Crippen LogP contribution in [0.25, 0.3) is 10.9 Å². The predicted molar refractivity (Wildman–Crippen MR) is 85.9 cm³/mol. The Labute approximate surface area is 118 Å². The first-order chi connectivity index (χ1) is 8.18. The number of fused-ring (bicyclic) bond motifs is 1. The number of hydrogen-bond donors (Lipinski definition) is 0. The lowest BCUT2D eigenvalue weighted by Crippen LogP contribution is -2.14. The summed E-state index contributed by atoms with van der Waals surface area (Å²) >= 11 is 0. The van der Waals surface area contributed by atoms with E-state index in [0.717, 1.165) is 11.2 Å². The molecule has 0 atom stereocenters. The van der Waals surface area contributed by atoms with Crippen LogP contribution in [0, 0.1) is 0 Å². The predicted octanol–water partition coefficient (Wildman–Crippen LogP) is 5.47. The Bertz CT molecular complexity index is 515. The summed E-state index contributed by atoms with van der Waals surface area (Å²) in [5.41, 5.74) is 3.91. The van der Waals surface area contributed by atoms with Crippen molar-refractivity contribution in [3.05, 3.63) is 41.6 Å². The lowest BCUT2D eigenvalue weighted by molar-refractivity contribution is 0.571. The van der Waals surface area contributed by atoms with Crippen LogP contribution in [-0.2, 0) is 10.8 Å². The molecule has 0 aliphatic carbocycles. The molecule has 2 rings (SSSR count). The van der Waals surface area contributed by atoms with E-state index < -0.39 is 0 Å². The van der Waals surface area contributed by atoms with Crippen LogP contribution in [0.2, 0.25) is 0 Å². The Morgan fingerprint density at radius 2 is 1.42 bits per heavy atom. The molecule has 0 radical (unpaired) electrons. The van der Waals surface area contributed by atoms with E-state index in [9.17, 15) is 0 Å². The highest BCUT2D eigenvalue weighted by Gasteiger charge is 2.17. The van der Waals surface area contributed by atoms with Gasteiger partial charge in [-0.1, -0.05) is 61.1 Å². The van der Waals surface area contributed by atoms with E-state index in [2.05, 4.69) is 71.9 Å². The number of rotatable bonds is 0. The maximum Gasteiger partial charge on any atom is 0.0705 e. The standard InChI is InChI=1S/C17H23N.CH4/c1-16(2,3)13-8-9-14-12(11-13)7-10-15(18-14)17(4,5)6;/h7-11H,1-6H3;1H4. The smallest absolute Gasteiger partial charge is 0.0705 e. The quantitative estimate of drug-likeness (QED) is 0.610. The lowest BCUT2D eigenvalue weighted by Gasteiger charge is -2.21. The largest absolute Gasteiger partial charge is 0.252 e. The molecule has 1 heteroatoms. The zero-order chi connectivity index (χ0) is 13.6. The van der Waals surface area contributed by atoms with Gasteiger partial charge in [0.05, 0.1) is 5.52 Å². The molecular formula is C18H27N. The maximum absolute atomic E-state index is 4.77. The van der Waals surface area contributed by atoms with Crippen molar-refractivity contribution in [3.8, 4) is 0 Å². The Morgan fingerprint density at radius 1 is 0.789 bits per heavy atom. The second kappa shape index (κ2) is 4.96. The summed E-state index contributed by atoms with van der Waals surface area (Å²) in [6.07, 6.45) is 0. The second-order valence-electron chi connectivity index (χ2n) is 7.10. The van der Waals surface area contributed by atoms with Crippen LogP contribution in [-0.4, -0.2) is 4.98 Å². The molecule has 0 bridgehead atoms. The zero-order valence-corrected chi connectivity index (χ0v) is 12.3. The average molecular weight is 257 g/mol. The van der Waals surface area contributed by atoms with Crippen molar-refractivity contribution in [2.45, 2.75) is 59.8 Å². The normalized spacial score (nSPS) is 12.3. The highest BCUT2D eigenvalue weighted by molar-refractivity contribution is 5.79. The summed E-state index contributed by atoms with van der Waals surface area (Å²) in [4.78, 5) is 4.77. The highest BCUT2D eigenvalue weighted by atomic mass is 14.7. The molecule has 0 unspecified atom stereocenters. The molecule has 2 aromatic rings. The van der Waals surface area contributed by atoms with Gasteiger partial charge in [0.1, 0.15) is 0 Å². The minimum atomic E-state index is 0. The van der Waals surface area contributed by atoms with E-state index in [-0.39, 0.29) is 18.3 Å². The fraction of sp³-hybridized carbons (Fsp3) is 0.500. The van der Waals surface area contributed by atoms with Crippen molar-refractivity contribution in [2.75, 3.05) is 0 Å². The summed E-state index contributed by atoms with van der Waals surface area (Å²) < 4.78 is 0. The first-order valence-electron chi connectivity index (χ1n) is 6.60. The first kappa shape index (κ1) is 15.7. The summed E-state index contributed by atoms with van der Waals surface area (Å²) in [6.45, 7) is 13.3. The van der Waals surface area contributed by atoms with Gasteiger partial charge in [0.25, 0.3) is 0 Å². The second-order valence-corrected chi connectivity index (χ2v) is 7.10. The number of hydrogen-bond acceptors (Lipinski definition) is 1. The Kier molecular flexibility index (Phi) is 4.09. The summed E-state index contributed by atoms with van der Waals surface area (Å²) in [6, 6.07) is 10.9. The van der Waals surface area contributed by atoms with Crippen LogP contribution >= 0.6 is 0 Å². The van der Waals surface area contributed by atoms with Crippen molar-refractivity contribution >= 4 is 10.9 Å². The minimum absolute atomic E-state index is 0. The van der Waals surface area contributed by atoms with Crippen LogP contribution in [0.3, 0.4) is 0 Å². The summed E-state index contributed by atoms with van der Waals surface area (Å²) in [5.74, 6) is 0. The van der Waals surface area contributed by atoms with Gasteiger partial charge >= 0.3 is 0 Å². The molecule has 0 spiro atoms. The van der Waals surface area contributed by atoms with Crippen molar-refractivity contribution < 1.29 is 0 Å². The van der Waals surface area contributed by atoms with Crippen LogP contribution in [0.1, 0.15) is 60.2 Å². The van der Waals surface area contributed by atoms with Crippen molar-refractivity contribution in [3.63, 3.8) is 0 Å². The number of pyridine rings is 1. The zero-order valence-electron chi connectivity index (χ0n) is 12.3. The number of aromatic nitrogens is 1. The topological polar surface area (TPSA) is 12.9 Å². The van der Waals surface area contributed by atoms with Crippen molar-refractivity contribution in [1.29, 1.82) is 0 Å². The molecule has 1 aromatic carbocycles. The molecule has 0 N–H and O–H groups in total. The Morgan fingerprint density at radius 3 is 1.95 bits per heavy atom. The summed E-state index contributed by atoms with van der Waals surface area (Å²) in [7, 11) is 0. The molecule has 0 saturated heterocycles. The molecule has 1 heterocycles. The van der Waals surface area contributed by atoms with Crippen LogP contribution in [0.15, 0.2) is 30.3 Å². The van der Waals surface area contributed by atoms with Gasteiger partial charge in [0, 0.05) is 16.5 Å². The van der Waals surface area contributed by atoms with Crippen molar-refractivity contribution in [2.24, 2.45) is 0 Å².